The van der Waals surface area contributed by atoms with Gasteiger partial charge in [0.2, 0.25) is 5.70 Å². The summed E-state index contributed by atoms with van der Waals surface area (Å²) in [6.07, 6.45) is 3.93. The number of carbonyl (C=O) groups excluding carboxylic acids is 1. The van der Waals surface area contributed by atoms with Crippen LogP contribution in [0.2, 0.25) is 0 Å². The third kappa shape index (κ3) is 5.44. The Morgan fingerprint density at radius 1 is 1.30 bits per heavy atom. The molecule has 20 heavy (non-hydrogen) atoms. The number of hydrogen-bond donors (Lipinski definition) is 1. The Kier molecular flexibility index (Phi) is 6.79. The quantitative estimate of drug-likeness (QED) is 0.288. The molecule has 5 nitrogen and oxygen atoms in total. The Morgan fingerprint density at radius 2 is 1.95 bits per heavy atom. The van der Waals surface area contributed by atoms with Crippen LogP contribution in [-0.2, 0) is 20.4 Å². The number of ether oxygens (including phenoxy) is 1. The molecule has 0 unspecified atom stereocenters. The van der Waals surface area contributed by atoms with Gasteiger partial charge in [-0.1, -0.05) is 18.2 Å². The third-order valence-corrected chi connectivity index (χ3v) is 3.04. The van der Waals surface area contributed by atoms with Crippen LogP contribution in [0.15, 0.2) is 52.0 Å². The fourth-order valence-corrected chi connectivity index (χ4v) is 2.04. The molecule has 0 spiro atoms. The number of rotatable bonds is 6. The van der Waals surface area contributed by atoms with Gasteiger partial charge in [-0.15, -0.1) is 5.11 Å². The molecule has 0 radical (unpaired) electrons. The minimum Gasteiger partial charge on any atom is -0.505 e. The first-order valence-electron chi connectivity index (χ1n) is 6.14. The average Bonchev–Trinajstić information content (AvgIpc) is 2.39. The van der Waals surface area contributed by atoms with E-state index in [1.165, 1.54) is 0 Å². The predicted molar refractivity (Wildman–Crippen MR) is 81.3 cm³/mol. The average molecular weight is 295 g/mol. The highest BCUT2D eigenvalue weighted by Gasteiger charge is 2.20. The largest absolute Gasteiger partial charge is 0.505 e. The molecule has 0 saturated carbocycles. The lowest BCUT2D eigenvalue weighted by molar-refractivity contribution is -0.138. The fourth-order valence-electron chi connectivity index (χ4n) is 1.36. The van der Waals surface area contributed by atoms with Crippen LogP contribution in [0.5, 0.6) is 0 Å². The van der Waals surface area contributed by atoms with Crippen LogP contribution in [0.25, 0.3) is 0 Å². The first kappa shape index (κ1) is 16.2. The molecule has 0 saturated heterocycles. The van der Waals surface area contributed by atoms with Gasteiger partial charge >= 0.3 is 5.97 Å². The van der Waals surface area contributed by atoms with Crippen LogP contribution in [0.3, 0.4) is 0 Å². The molecule has 0 atom stereocenters. The van der Waals surface area contributed by atoms with Crippen LogP contribution in [0, 0.1) is 0 Å². The summed E-state index contributed by atoms with van der Waals surface area (Å²) in [4.78, 5) is 11.8. The number of hydrogen-bond acceptors (Lipinski definition) is 5. The Bertz CT molecular complexity index is 498. The molecule has 0 heterocycles. The van der Waals surface area contributed by atoms with E-state index in [1.54, 1.807) is 19.1 Å². The minimum absolute atomic E-state index is 0.0521. The molecule has 0 aliphatic carbocycles. The first-order valence-corrected chi connectivity index (χ1v) is 8.35. The molecular weight excluding hydrogens is 276 g/mol. The van der Waals surface area contributed by atoms with Crippen molar-refractivity contribution in [1.29, 1.82) is 0 Å². The van der Waals surface area contributed by atoms with Crippen LogP contribution < -0.4 is 0 Å². The molecule has 1 aromatic rings. The van der Waals surface area contributed by atoms with Gasteiger partial charge in [-0.05, 0) is 30.0 Å². The summed E-state index contributed by atoms with van der Waals surface area (Å²) < 4.78 is 4.89. The van der Waals surface area contributed by atoms with E-state index in [2.05, 4.69) is 10.2 Å². The zero-order chi connectivity index (χ0) is 15.0. The molecular formula is C14H19N2O3S+. The standard InChI is InChI=1S/C14H18N2O3S/c1-4-19-14(18)13(12(17)10-20(2)3)16-15-11-8-6-5-7-9-11/h5-9H,4,10H2,1-3H3/p+1. The second-order valence-corrected chi connectivity index (χ2v) is 6.44. The van der Waals surface area contributed by atoms with Gasteiger partial charge in [0.25, 0.3) is 0 Å². The second-order valence-electron chi connectivity index (χ2n) is 4.18. The molecule has 0 aliphatic heterocycles. The van der Waals surface area contributed by atoms with E-state index in [9.17, 15) is 9.90 Å². The van der Waals surface area contributed by atoms with E-state index in [0.717, 1.165) is 0 Å². The number of aliphatic hydroxyl groups is 1. The molecule has 0 fully saturated rings. The summed E-state index contributed by atoms with van der Waals surface area (Å²) in [7, 11) is -0.0521. The van der Waals surface area contributed by atoms with Crippen LogP contribution in [0.1, 0.15) is 6.92 Å². The highest BCUT2D eigenvalue weighted by atomic mass is 32.2. The summed E-state index contributed by atoms with van der Waals surface area (Å²) in [6, 6.07) is 9.01. The Labute approximate surface area is 121 Å². The lowest BCUT2D eigenvalue weighted by Crippen LogP contribution is -2.13. The highest BCUT2D eigenvalue weighted by molar-refractivity contribution is 7.95. The normalized spacial score (nSPS) is 12.6. The topological polar surface area (TPSA) is 71.2 Å². The van der Waals surface area contributed by atoms with Gasteiger partial charge < -0.3 is 9.84 Å². The number of esters is 1. The molecule has 1 N–H and O–H groups in total. The van der Waals surface area contributed by atoms with Crippen molar-refractivity contribution in [3.05, 3.63) is 41.8 Å². The van der Waals surface area contributed by atoms with Crippen LogP contribution >= 0.6 is 0 Å². The van der Waals surface area contributed by atoms with E-state index < -0.39 is 5.97 Å². The van der Waals surface area contributed by atoms with Gasteiger partial charge in [0, 0.05) is 0 Å². The zero-order valence-electron chi connectivity index (χ0n) is 11.9. The molecule has 1 rings (SSSR count). The van der Waals surface area contributed by atoms with Gasteiger partial charge in [0.1, 0.15) is 0 Å². The molecule has 6 heteroatoms. The van der Waals surface area contributed by atoms with Crippen molar-refractivity contribution in [2.45, 2.75) is 6.92 Å². The molecule has 108 valence electrons. The van der Waals surface area contributed by atoms with Crippen molar-refractivity contribution >= 4 is 22.6 Å². The number of nitrogens with zero attached hydrogens (tertiary/aromatic N) is 2. The van der Waals surface area contributed by atoms with Crippen molar-refractivity contribution in [3.63, 3.8) is 0 Å². The van der Waals surface area contributed by atoms with E-state index in [4.69, 9.17) is 4.74 Å². The molecule has 0 aromatic heterocycles. The van der Waals surface area contributed by atoms with Gasteiger partial charge in [0.15, 0.2) is 11.5 Å². The van der Waals surface area contributed by atoms with Crippen molar-refractivity contribution in [1.82, 2.24) is 0 Å². The van der Waals surface area contributed by atoms with Crippen LogP contribution in [-0.4, -0.2) is 35.9 Å². The highest BCUT2D eigenvalue weighted by Crippen LogP contribution is 2.15. The number of carbonyl (C=O) groups is 1. The second kappa shape index (κ2) is 8.37. The van der Waals surface area contributed by atoms with E-state index >= 15 is 0 Å². The maximum Gasteiger partial charge on any atom is 0.362 e. The Hall–Kier alpha value is -1.82. The van der Waals surface area contributed by atoms with Gasteiger partial charge in [-0.3, -0.25) is 0 Å². The maximum atomic E-state index is 11.8. The van der Waals surface area contributed by atoms with Gasteiger partial charge in [0.05, 0.1) is 24.8 Å². The predicted octanol–water partition coefficient (Wildman–Crippen LogP) is 2.98. The van der Waals surface area contributed by atoms with Crippen molar-refractivity contribution < 1.29 is 14.6 Å². The lowest BCUT2D eigenvalue weighted by atomic mass is 10.3. The number of benzene rings is 1. The summed E-state index contributed by atoms with van der Waals surface area (Å²) in [5, 5.41) is 17.8. The first-order chi connectivity index (χ1) is 9.54. The Morgan fingerprint density at radius 3 is 2.50 bits per heavy atom. The molecule has 1 aromatic carbocycles. The SMILES string of the molecule is CCOC(=O)/C(N=Nc1ccccc1)=C(\O)C[S+](C)C. The fraction of sp³-hybridized carbons (Fsp3) is 0.357. The number of azo groups is 1. The zero-order valence-corrected chi connectivity index (χ0v) is 12.7. The lowest BCUT2D eigenvalue weighted by Gasteiger charge is -2.04. The van der Waals surface area contributed by atoms with E-state index in [-0.39, 0.29) is 29.0 Å². The summed E-state index contributed by atoms with van der Waals surface area (Å²) in [6.45, 7) is 1.92. The summed E-state index contributed by atoms with van der Waals surface area (Å²) in [5.41, 5.74) is 0.478. The van der Waals surface area contributed by atoms with Crippen molar-refractivity contribution in [2.24, 2.45) is 10.2 Å². The van der Waals surface area contributed by atoms with Crippen LogP contribution in [0.4, 0.5) is 5.69 Å². The van der Waals surface area contributed by atoms with Crippen molar-refractivity contribution in [3.8, 4) is 0 Å². The molecule has 0 amide bonds. The van der Waals surface area contributed by atoms with Gasteiger partial charge in [-0.2, -0.15) is 5.11 Å². The molecule has 0 aliphatic rings. The summed E-state index contributed by atoms with van der Waals surface area (Å²) >= 11 is 0. The van der Waals surface area contributed by atoms with E-state index in [0.29, 0.717) is 11.4 Å². The maximum absolute atomic E-state index is 11.8. The monoisotopic (exact) mass is 295 g/mol. The smallest absolute Gasteiger partial charge is 0.362 e. The van der Waals surface area contributed by atoms with E-state index in [1.807, 2.05) is 30.7 Å². The Balaban J connectivity index is 2.99. The summed E-state index contributed by atoms with van der Waals surface area (Å²) in [5.74, 6) is -0.367. The third-order valence-electron chi connectivity index (χ3n) is 2.19. The number of aliphatic hydroxyl groups excluding tert-OH is 1. The van der Waals surface area contributed by atoms with Crippen molar-refractivity contribution in [2.75, 3.05) is 24.9 Å². The minimum atomic E-state index is -0.657. The van der Waals surface area contributed by atoms with Gasteiger partial charge in [-0.25, -0.2) is 4.79 Å². The molecule has 0 bridgehead atoms.